The molecule has 3 rings (SSSR count). The van der Waals surface area contributed by atoms with Gasteiger partial charge in [-0.25, -0.2) is 4.79 Å². The number of carbonyl (C=O) groups is 2. The van der Waals surface area contributed by atoms with E-state index in [2.05, 4.69) is 17.2 Å². The third-order valence-electron chi connectivity index (χ3n) is 5.16. The fourth-order valence-electron chi connectivity index (χ4n) is 3.39. The van der Waals surface area contributed by atoms with Gasteiger partial charge in [-0.05, 0) is 75.2 Å². The van der Waals surface area contributed by atoms with Gasteiger partial charge in [0.15, 0.2) is 0 Å². The number of unbranched alkanes of at least 4 members (excludes halogenated alkanes) is 1. The predicted molar refractivity (Wildman–Crippen MR) is 134 cm³/mol. The molecule has 0 saturated heterocycles. The van der Waals surface area contributed by atoms with Gasteiger partial charge in [-0.1, -0.05) is 25.5 Å². The SMILES string of the molecule is CCCCNC(=O)c1cnc(-c2ccc(OC)cc2)c(-c2ccc(C(=O)OC(C)(C)C)cc2)c1. The molecule has 0 fully saturated rings. The van der Waals surface area contributed by atoms with Crippen molar-refractivity contribution in [2.24, 2.45) is 0 Å². The highest BCUT2D eigenvalue weighted by atomic mass is 16.6. The average molecular weight is 461 g/mol. The van der Waals surface area contributed by atoms with E-state index in [0.29, 0.717) is 17.7 Å². The summed E-state index contributed by atoms with van der Waals surface area (Å²) in [4.78, 5) is 29.8. The highest BCUT2D eigenvalue weighted by Gasteiger charge is 2.19. The van der Waals surface area contributed by atoms with Crippen LogP contribution in [0.15, 0.2) is 60.8 Å². The average Bonchev–Trinajstić information content (AvgIpc) is 2.83. The summed E-state index contributed by atoms with van der Waals surface area (Å²) in [5.41, 5.74) is 3.65. The van der Waals surface area contributed by atoms with Gasteiger partial charge in [0.25, 0.3) is 5.91 Å². The number of benzene rings is 2. The molecule has 6 nitrogen and oxygen atoms in total. The third kappa shape index (κ3) is 6.44. The number of rotatable bonds is 8. The first-order valence-electron chi connectivity index (χ1n) is 11.5. The molecule has 0 saturated carbocycles. The number of hydrogen-bond donors (Lipinski definition) is 1. The van der Waals surface area contributed by atoms with Crippen LogP contribution >= 0.6 is 0 Å². The summed E-state index contributed by atoms with van der Waals surface area (Å²) < 4.78 is 10.7. The first-order valence-corrected chi connectivity index (χ1v) is 11.5. The fraction of sp³-hybridized carbons (Fsp3) is 0.321. The Morgan fingerprint density at radius 1 is 0.941 bits per heavy atom. The van der Waals surface area contributed by atoms with E-state index in [1.54, 1.807) is 25.4 Å². The van der Waals surface area contributed by atoms with Crippen LogP contribution in [0.4, 0.5) is 0 Å². The minimum absolute atomic E-state index is 0.158. The number of aromatic nitrogens is 1. The number of methoxy groups -OCH3 is 1. The van der Waals surface area contributed by atoms with Gasteiger partial charge in [-0.15, -0.1) is 0 Å². The Hall–Kier alpha value is -3.67. The maximum absolute atomic E-state index is 12.7. The lowest BCUT2D eigenvalue weighted by molar-refractivity contribution is 0.00694. The van der Waals surface area contributed by atoms with E-state index in [0.717, 1.165) is 41.0 Å². The van der Waals surface area contributed by atoms with Gasteiger partial charge >= 0.3 is 5.97 Å². The van der Waals surface area contributed by atoms with Crippen molar-refractivity contribution < 1.29 is 19.1 Å². The molecule has 0 spiro atoms. The number of nitrogens with one attached hydrogen (secondary N) is 1. The summed E-state index contributed by atoms with van der Waals surface area (Å²) in [6, 6.07) is 16.6. The summed E-state index contributed by atoms with van der Waals surface area (Å²) >= 11 is 0. The van der Waals surface area contributed by atoms with Crippen molar-refractivity contribution in [3.05, 3.63) is 71.9 Å². The normalized spacial score (nSPS) is 11.1. The van der Waals surface area contributed by atoms with Crippen molar-refractivity contribution in [2.45, 2.75) is 46.1 Å². The van der Waals surface area contributed by atoms with Gasteiger partial charge in [-0.3, -0.25) is 9.78 Å². The van der Waals surface area contributed by atoms with Gasteiger partial charge in [0.2, 0.25) is 0 Å². The number of ether oxygens (including phenoxy) is 2. The van der Waals surface area contributed by atoms with Gasteiger partial charge in [0.05, 0.1) is 23.9 Å². The molecule has 0 atom stereocenters. The molecular weight excluding hydrogens is 428 g/mol. The number of esters is 1. The van der Waals surface area contributed by atoms with Crippen molar-refractivity contribution >= 4 is 11.9 Å². The number of nitrogens with zero attached hydrogens (tertiary/aromatic N) is 1. The zero-order chi connectivity index (χ0) is 24.7. The van der Waals surface area contributed by atoms with Crippen LogP contribution in [0.1, 0.15) is 61.3 Å². The molecule has 0 radical (unpaired) electrons. The summed E-state index contributed by atoms with van der Waals surface area (Å²) in [5.74, 6) is 0.212. The summed E-state index contributed by atoms with van der Waals surface area (Å²) in [6.45, 7) is 8.21. The van der Waals surface area contributed by atoms with Crippen molar-refractivity contribution in [3.8, 4) is 28.1 Å². The second-order valence-corrected chi connectivity index (χ2v) is 9.04. The topological polar surface area (TPSA) is 77.5 Å². The Kier molecular flexibility index (Phi) is 8.05. The van der Waals surface area contributed by atoms with E-state index < -0.39 is 5.60 Å². The second-order valence-electron chi connectivity index (χ2n) is 9.04. The monoisotopic (exact) mass is 460 g/mol. The quantitative estimate of drug-likeness (QED) is 0.334. The van der Waals surface area contributed by atoms with Crippen LogP contribution in [0.3, 0.4) is 0 Å². The van der Waals surface area contributed by atoms with E-state index in [4.69, 9.17) is 9.47 Å². The van der Waals surface area contributed by atoms with Crippen LogP contribution in [0.5, 0.6) is 5.75 Å². The zero-order valence-electron chi connectivity index (χ0n) is 20.5. The molecular formula is C28H32N2O4. The first kappa shape index (κ1) is 25.0. The zero-order valence-corrected chi connectivity index (χ0v) is 20.5. The highest BCUT2D eigenvalue weighted by molar-refractivity contribution is 5.97. The Morgan fingerprint density at radius 3 is 2.18 bits per heavy atom. The minimum atomic E-state index is -0.569. The number of hydrogen-bond acceptors (Lipinski definition) is 5. The predicted octanol–water partition coefficient (Wildman–Crippen LogP) is 5.91. The minimum Gasteiger partial charge on any atom is -0.497 e. The van der Waals surface area contributed by atoms with Crippen LogP contribution in [0, 0.1) is 0 Å². The smallest absolute Gasteiger partial charge is 0.338 e. The van der Waals surface area contributed by atoms with Gasteiger partial charge < -0.3 is 14.8 Å². The molecule has 1 heterocycles. The summed E-state index contributed by atoms with van der Waals surface area (Å²) in [6.07, 6.45) is 3.52. The van der Waals surface area contributed by atoms with Crippen molar-refractivity contribution in [2.75, 3.05) is 13.7 Å². The van der Waals surface area contributed by atoms with Crippen molar-refractivity contribution in [1.29, 1.82) is 0 Å². The maximum Gasteiger partial charge on any atom is 0.338 e. The molecule has 0 unspecified atom stereocenters. The van der Waals surface area contributed by atoms with Crippen LogP contribution in [0.2, 0.25) is 0 Å². The lowest BCUT2D eigenvalue weighted by atomic mass is 9.96. The Labute approximate surface area is 201 Å². The molecule has 0 aliphatic heterocycles. The van der Waals surface area contributed by atoms with Crippen LogP contribution < -0.4 is 10.1 Å². The molecule has 0 aliphatic carbocycles. The lowest BCUT2D eigenvalue weighted by Gasteiger charge is -2.19. The Morgan fingerprint density at radius 2 is 1.59 bits per heavy atom. The van der Waals surface area contributed by atoms with E-state index >= 15 is 0 Å². The molecule has 1 N–H and O–H groups in total. The summed E-state index contributed by atoms with van der Waals surface area (Å²) in [5, 5.41) is 2.94. The molecule has 0 aliphatic rings. The van der Waals surface area contributed by atoms with Crippen molar-refractivity contribution in [3.63, 3.8) is 0 Å². The van der Waals surface area contributed by atoms with Gasteiger partial charge in [0, 0.05) is 23.9 Å². The molecule has 6 heteroatoms. The van der Waals surface area contributed by atoms with E-state index in [-0.39, 0.29) is 11.9 Å². The molecule has 1 aromatic heterocycles. The number of pyridine rings is 1. The summed E-state index contributed by atoms with van der Waals surface area (Å²) in [7, 11) is 1.62. The fourth-order valence-corrected chi connectivity index (χ4v) is 3.39. The van der Waals surface area contributed by atoms with Gasteiger partial charge in [-0.2, -0.15) is 0 Å². The molecule has 0 bridgehead atoms. The first-order chi connectivity index (χ1) is 16.2. The van der Waals surface area contributed by atoms with E-state index in [1.807, 2.05) is 63.2 Å². The maximum atomic E-state index is 12.7. The number of carbonyl (C=O) groups excluding carboxylic acids is 2. The third-order valence-corrected chi connectivity index (χ3v) is 5.16. The second kappa shape index (κ2) is 11.0. The largest absolute Gasteiger partial charge is 0.497 e. The molecule has 2 aromatic carbocycles. The van der Waals surface area contributed by atoms with Crippen molar-refractivity contribution in [1.82, 2.24) is 10.3 Å². The van der Waals surface area contributed by atoms with Crippen LogP contribution in [-0.4, -0.2) is 36.1 Å². The van der Waals surface area contributed by atoms with Crippen LogP contribution in [-0.2, 0) is 4.74 Å². The van der Waals surface area contributed by atoms with Crippen LogP contribution in [0.25, 0.3) is 22.4 Å². The Balaban J connectivity index is 2.00. The van der Waals surface area contributed by atoms with Gasteiger partial charge in [0.1, 0.15) is 11.4 Å². The lowest BCUT2D eigenvalue weighted by Crippen LogP contribution is -2.24. The number of amides is 1. The standard InChI is InChI=1S/C28H32N2O4/c1-6-7-16-29-26(31)22-17-24(25(30-18-22)20-12-14-23(33-5)15-13-20)19-8-10-21(11-9-19)27(32)34-28(2,3)4/h8-15,17-18H,6-7,16H2,1-5H3,(H,29,31). The highest BCUT2D eigenvalue weighted by Crippen LogP contribution is 2.32. The van der Waals surface area contributed by atoms with E-state index in [9.17, 15) is 9.59 Å². The Bertz CT molecular complexity index is 1130. The molecule has 178 valence electrons. The molecule has 34 heavy (non-hydrogen) atoms. The van der Waals surface area contributed by atoms with E-state index in [1.165, 1.54) is 0 Å². The molecule has 3 aromatic rings. The molecule has 1 amide bonds.